The second-order valence-electron chi connectivity index (χ2n) is 4.85. The van der Waals surface area contributed by atoms with Gasteiger partial charge in [-0.2, -0.15) is 0 Å². The van der Waals surface area contributed by atoms with Gasteiger partial charge in [0.1, 0.15) is 9.86 Å². The van der Waals surface area contributed by atoms with E-state index in [0.29, 0.717) is 5.95 Å². The minimum Gasteiger partial charge on any atom is -0.292 e. The normalized spacial score (nSPS) is 11.0. The number of aromatic nitrogens is 2. The summed E-state index contributed by atoms with van der Waals surface area (Å²) in [6.45, 7) is 4.19. The first kappa shape index (κ1) is 14.3. The molecule has 0 atom stereocenters. The first-order valence-corrected chi connectivity index (χ1v) is 8.39. The monoisotopic (exact) mass is 316 g/mol. The molecule has 0 saturated heterocycles. The molecule has 2 aromatic heterocycles. The highest BCUT2D eigenvalue weighted by Crippen LogP contribution is 2.33. The molecule has 0 spiro atoms. The van der Waals surface area contributed by atoms with Crippen molar-refractivity contribution in [2.45, 2.75) is 24.6 Å². The van der Waals surface area contributed by atoms with Gasteiger partial charge < -0.3 is 0 Å². The van der Waals surface area contributed by atoms with Crippen molar-refractivity contribution in [3.8, 4) is 0 Å². The Hall–Kier alpha value is -1.63. The molecular formula is C15H16N4S2. The molecule has 3 rings (SSSR count). The maximum absolute atomic E-state index is 5.46. The number of benzene rings is 1. The van der Waals surface area contributed by atoms with Crippen LogP contribution in [0.2, 0.25) is 0 Å². The van der Waals surface area contributed by atoms with Gasteiger partial charge in [0.05, 0.1) is 0 Å². The molecule has 0 saturated carbocycles. The molecule has 0 aliphatic heterocycles. The SMILES string of the molecule is Cc1cccc(CSc2nc(NN)nc3sc(C)cc23)c1. The molecule has 4 nitrogen and oxygen atoms in total. The third kappa shape index (κ3) is 3.18. The summed E-state index contributed by atoms with van der Waals surface area (Å²) in [4.78, 5) is 11.1. The smallest absolute Gasteiger partial charge is 0.239 e. The number of fused-ring (bicyclic) bond motifs is 1. The van der Waals surface area contributed by atoms with Gasteiger partial charge in [0.2, 0.25) is 5.95 Å². The minimum atomic E-state index is 0.469. The Bertz CT molecular complexity index is 782. The zero-order valence-corrected chi connectivity index (χ0v) is 13.5. The van der Waals surface area contributed by atoms with Crippen LogP contribution in [0.5, 0.6) is 0 Å². The minimum absolute atomic E-state index is 0.469. The highest BCUT2D eigenvalue weighted by atomic mass is 32.2. The van der Waals surface area contributed by atoms with Crippen LogP contribution in [0.25, 0.3) is 10.2 Å². The second kappa shape index (κ2) is 6.01. The van der Waals surface area contributed by atoms with Gasteiger partial charge in [-0.1, -0.05) is 29.8 Å². The van der Waals surface area contributed by atoms with Gasteiger partial charge >= 0.3 is 0 Å². The molecule has 0 bridgehead atoms. The fourth-order valence-electron chi connectivity index (χ4n) is 2.14. The topological polar surface area (TPSA) is 63.8 Å². The number of nitrogens with zero attached hydrogens (tertiary/aromatic N) is 2. The van der Waals surface area contributed by atoms with Gasteiger partial charge in [-0.05, 0) is 25.5 Å². The molecule has 0 unspecified atom stereocenters. The predicted octanol–water partition coefficient (Wildman–Crippen LogP) is 3.89. The van der Waals surface area contributed by atoms with Crippen LogP contribution in [-0.4, -0.2) is 9.97 Å². The van der Waals surface area contributed by atoms with E-state index in [4.69, 9.17) is 5.84 Å². The molecule has 1 aromatic carbocycles. The summed E-state index contributed by atoms with van der Waals surface area (Å²) in [7, 11) is 0. The Labute approximate surface area is 131 Å². The number of thioether (sulfide) groups is 1. The number of aryl methyl sites for hydroxylation is 2. The van der Waals surface area contributed by atoms with Crippen LogP contribution in [0.1, 0.15) is 16.0 Å². The molecule has 0 aliphatic rings. The maximum atomic E-state index is 5.46. The number of anilines is 1. The highest BCUT2D eigenvalue weighted by molar-refractivity contribution is 7.98. The summed E-state index contributed by atoms with van der Waals surface area (Å²) < 4.78 is 0. The van der Waals surface area contributed by atoms with Crippen LogP contribution in [0.4, 0.5) is 5.95 Å². The quantitative estimate of drug-likeness (QED) is 0.331. The third-order valence-electron chi connectivity index (χ3n) is 3.07. The van der Waals surface area contributed by atoms with Crippen molar-refractivity contribution in [1.29, 1.82) is 0 Å². The van der Waals surface area contributed by atoms with E-state index in [2.05, 4.69) is 59.6 Å². The number of nitrogens with two attached hydrogens (primary N) is 1. The molecule has 3 N–H and O–H groups in total. The van der Waals surface area contributed by atoms with Crippen LogP contribution in [-0.2, 0) is 5.75 Å². The Morgan fingerprint density at radius 2 is 2.10 bits per heavy atom. The molecule has 0 aliphatic carbocycles. The Morgan fingerprint density at radius 1 is 1.24 bits per heavy atom. The average molecular weight is 316 g/mol. The Balaban J connectivity index is 1.92. The van der Waals surface area contributed by atoms with E-state index in [9.17, 15) is 0 Å². The van der Waals surface area contributed by atoms with E-state index >= 15 is 0 Å². The van der Waals surface area contributed by atoms with E-state index in [0.717, 1.165) is 21.0 Å². The summed E-state index contributed by atoms with van der Waals surface area (Å²) in [5, 5.41) is 2.08. The number of rotatable bonds is 4. The molecule has 3 aromatic rings. The molecule has 21 heavy (non-hydrogen) atoms. The van der Waals surface area contributed by atoms with Crippen LogP contribution in [0.15, 0.2) is 35.4 Å². The van der Waals surface area contributed by atoms with Crippen molar-refractivity contribution in [2.24, 2.45) is 5.84 Å². The third-order valence-corrected chi connectivity index (χ3v) is 5.07. The van der Waals surface area contributed by atoms with Crippen LogP contribution >= 0.6 is 23.1 Å². The number of thiophene rings is 1. The van der Waals surface area contributed by atoms with Gasteiger partial charge in [0.15, 0.2) is 0 Å². The molecule has 6 heteroatoms. The highest BCUT2D eigenvalue weighted by Gasteiger charge is 2.11. The van der Waals surface area contributed by atoms with E-state index in [1.54, 1.807) is 23.1 Å². The molecule has 0 radical (unpaired) electrons. The molecule has 0 amide bonds. The lowest BCUT2D eigenvalue weighted by Crippen LogP contribution is -2.10. The van der Waals surface area contributed by atoms with Crippen molar-refractivity contribution in [1.82, 2.24) is 9.97 Å². The van der Waals surface area contributed by atoms with E-state index < -0.39 is 0 Å². The fraction of sp³-hybridized carbons (Fsp3) is 0.200. The number of nitrogen functional groups attached to an aromatic ring is 1. The molecule has 108 valence electrons. The zero-order chi connectivity index (χ0) is 14.8. The number of hydrogen-bond donors (Lipinski definition) is 2. The largest absolute Gasteiger partial charge is 0.292 e. The number of hydrazine groups is 1. The second-order valence-corrected chi connectivity index (χ2v) is 7.05. The summed E-state index contributed by atoms with van der Waals surface area (Å²) in [6.07, 6.45) is 0. The van der Waals surface area contributed by atoms with Gasteiger partial charge in [-0.25, -0.2) is 15.8 Å². The van der Waals surface area contributed by atoms with Crippen molar-refractivity contribution in [3.05, 3.63) is 46.3 Å². The Morgan fingerprint density at radius 3 is 2.86 bits per heavy atom. The standard InChI is InChI=1S/C15H16N4S2/c1-9-4-3-5-11(6-9)8-20-13-12-7-10(2)21-14(12)18-15(17-13)19-16/h3-7H,8,16H2,1-2H3,(H,17,18,19). The fourth-order valence-corrected chi connectivity index (χ4v) is 4.03. The lowest BCUT2D eigenvalue weighted by Gasteiger charge is -2.06. The van der Waals surface area contributed by atoms with Gasteiger partial charge in [-0.15, -0.1) is 23.1 Å². The molecular weight excluding hydrogens is 300 g/mol. The average Bonchev–Trinajstić information content (AvgIpc) is 2.85. The van der Waals surface area contributed by atoms with Gasteiger partial charge in [-0.3, -0.25) is 5.43 Å². The summed E-state index contributed by atoms with van der Waals surface area (Å²) in [5.41, 5.74) is 5.11. The predicted molar refractivity (Wildman–Crippen MR) is 90.7 cm³/mol. The summed E-state index contributed by atoms with van der Waals surface area (Å²) in [5.74, 6) is 6.81. The van der Waals surface area contributed by atoms with E-state index in [1.165, 1.54) is 16.0 Å². The summed E-state index contributed by atoms with van der Waals surface area (Å²) in [6, 6.07) is 10.7. The van der Waals surface area contributed by atoms with Gasteiger partial charge in [0.25, 0.3) is 0 Å². The maximum Gasteiger partial charge on any atom is 0.239 e. The van der Waals surface area contributed by atoms with Crippen molar-refractivity contribution >= 4 is 39.3 Å². The molecule has 0 fully saturated rings. The lowest BCUT2D eigenvalue weighted by atomic mass is 10.2. The van der Waals surface area contributed by atoms with Crippen LogP contribution in [0.3, 0.4) is 0 Å². The lowest BCUT2D eigenvalue weighted by molar-refractivity contribution is 1.08. The van der Waals surface area contributed by atoms with Crippen LogP contribution < -0.4 is 11.3 Å². The number of nitrogens with one attached hydrogen (secondary N) is 1. The zero-order valence-electron chi connectivity index (χ0n) is 11.9. The molecule has 2 heterocycles. The van der Waals surface area contributed by atoms with Crippen molar-refractivity contribution in [3.63, 3.8) is 0 Å². The van der Waals surface area contributed by atoms with E-state index in [1.807, 2.05) is 0 Å². The summed E-state index contributed by atoms with van der Waals surface area (Å²) >= 11 is 3.37. The first-order chi connectivity index (χ1) is 10.2. The first-order valence-electron chi connectivity index (χ1n) is 6.59. The van der Waals surface area contributed by atoms with Gasteiger partial charge in [0, 0.05) is 16.0 Å². The van der Waals surface area contributed by atoms with E-state index in [-0.39, 0.29) is 0 Å². The Kier molecular flexibility index (Phi) is 4.10. The van der Waals surface area contributed by atoms with Crippen molar-refractivity contribution < 1.29 is 0 Å². The van der Waals surface area contributed by atoms with Crippen molar-refractivity contribution in [2.75, 3.05) is 5.43 Å². The van der Waals surface area contributed by atoms with Crippen LogP contribution in [0, 0.1) is 13.8 Å². The number of hydrogen-bond acceptors (Lipinski definition) is 6.